The molecule has 1 heterocycles. The zero-order chi connectivity index (χ0) is 14.7. The predicted molar refractivity (Wildman–Crippen MR) is 69.8 cm³/mol. The minimum Gasteiger partial charge on any atom is -0.277 e. The van der Waals surface area contributed by atoms with Crippen molar-refractivity contribution in [2.24, 2.45) is 7.05 Å². The molecule has 0 unspecified atom stereocenters. The van der Waals surface area contributed by atoms with Crippen LogP contribution in [0.25, 0.3) is 11.3 Å². The molecule has 0 aliphatic heterocycles. The highest BCUT2D eigenvalue weighted by Gasteiger charge is 2.17. The van der Waals surface area contributed by atoms with Crippen LogP contribution in [0.5, 0.6) is 0 Å². The molecule has 0 fully saturated rings. The lowest BCUT2D eigenvalue weighted by Gasteiger charge is -2.02. The second kappa shape index (κ2) is 5.49. The highest BCUT2D eigenvalue weighted by molar-refractivity contribution is 5.99. The van der Waals surface area contributed by atoms with Gasteiger partial charge in [-0.25, -0.2) is 5.48 Å². The van der Waals surface area contributed by atoms with Gasteiger partial charge in [0.15, 0.2) is 0 Å². The molecule has 0 spiro atoms. The summed E-state index contributed by atoms with van der Waals surface area (Å²) in [6, 6.07) is 5.82. The summed E-state index contributed by atoms with van der Waals surface area (Å²) in [4.78, 5) is 26.5. The number of aromatic nitrogens is 2. The highest BCUT2D eigenvalue weighted by atomic mass is 16.6. The average molecular weight is 276 g/mol. The first-order valence-corrected chi connectivity index (χ1v) is 5.64. The Kier molecular flexibility index (Phi) is 3.76. The Morgan fingerprint density at radius 3 is 2.60 bits per heavy atom. The topological polar surface area (TPSA) is 99.3 Å². The molecule has 1 aromatic carbocycles. The van der Waals surface area contributed by atoms with Gasteiger partial charge in [0.05, 0.1) is 17.6 Å². The number of amides is 1. The summed E-state index contributed by atoms with van der Waals surface area (Å²) in [5.74, 6) is -0.436. The van der Waals surface area contributed by atoms with E-state index in [0.717, 1.165) is 0 Å². The lowest BCUT2D eigenvalue weighted by Crippen LogP contribution is -2.21. The molecule has 0 aliphatic carbocycles. The van der Waals surface area contributed by atoms with E-state index >= 15 is 0 Å². The molecule has 0 saturated carbocycles. The number of carbonyl (C=O) groups excluding carboxylic acids is 1. The number of benzene rings is 1. The molecular weight excluding hydrogens is 264 g/mol. The first-order chi connectivity index (χ1) is 9.52. The molecule has 1 aromatic heterocycles. The predicted octanol–water partition coefficient (Wildman–Crippen LogP) is 1.29. The van der Waals surface area contributed by atoms with E-state index in [9.17, 15) is 14.9 Å². The van der Waals surface area contributed by atoms with Crippen molar-refractivity contribution >= 4 is 11.6 Å². The summed E-state index contributed by atoms with van der Waals surface area (Å²) in [5.41, 5.74) is 3.55. The monoisotopic (exact) mass is 276 g/mol. The summed E-state index contributed by atoms with van der Waals surface area (Å²) in [6.45, 7) is 0. The van der Waals surface area contributed by atoms with Crippen molar-refractivity contribution in [1.29, 1.82) is 0 Å². The summed E-state index contributed by atoms with van der Waals surface area (Å²) in [5, 5.41) is 14.8. The SMILES string of the molecule is CONC(=O)c1cn(C)nc1-c1ccc([N+](=O)[O-])cc1. The average Bonchev–Trinajstić information content (AvgIpc) is 2.81. The maximum atomic E-state index is 11.8. The summed E-state index contributed by atoms with van der Waals surface area (Å²) >= 11 is 0. The number of aryl methyl sites for hydroxylation is 1. The number of carbonyl (C=O) groups is 1. The molecule has 8 heteroatoms. The van der Waals surface area contributed by atoms with Crippen molar-refractivity contribution in [3.8, 4) is 11.3 Å². The zero-order valence-corrected chi connectivity index (χ0v) is 10.9. The largest absolute Gasteiger partial charge is 0.278 e. The van der Waals surface area contributed by atoms with Gasteiger partial charge in [0.1, 0.15) is 5.69 Å². The molecule has 0 radical (unpaired) electrons. The molecule has 0 bridgehead atoms. The number of hydrogen-bond acceptors (Lipinski definition) is 5. The molecule has 0 aliphatic rings. The third-order valence-corrected chi connectivity index (χ3v) is 2.62. The number of rotatable bonds is 4. The van der Waals surface area contributed by atoms with Gasteiger partial charge in [-0.15, -0.1) is 0 Å². The van der Waals surface area contributed by atoms with Gasteiger partial charge in [-0.3, -0.25) is 24.4 Å². The van der Waals surface area contributed by atoms with Crippen molar-refractivity contribution < 1.29 is 14.6 Å². The van der Waals surface area contributed by atoms with Gasteiger partial charge in [0.25, 0.3) is 11.6 Å². The van der Waals surface area contributed by atoms with Crippen molar-refractivity contribution in [2.45, 2.75) is 0 Å². The van der Waals surface area contributed by atoms with Gasteiger partial charge in [0, 0.05) is 30.9 Å². The second-order valence-electron chi connectivity index (χ2n) is 4.00. The number of nitrogens with zero attached hydrogens (tertiary/aromatic N) is 3. The molecule has 8 nitrogen and oxygen atoms in total. The molecular formula is C12H12N4O4. The number of nitro benzene ring substituents is 1. The van der Waals surface area contributed by atoms with Gasteiger partial charge in [0.2, 0.25) is 0 Å². The highest BCUT2D eigenvalue weighted by Crippen LogP contribution is 2.24. The Balaban J connectivity index is 2.41. The Labute approximate surface area is 114 Å². The van der Waals surface area contributed by atoms with Crippen LogP contribution in [0.1, 0.15) is 10.4 Å². The summed E-state index contributed by atoms with van der Waals surface area (Å²) in [6.07, 6.45) is 1.55. The van der Waals surface area contributed by atoms with Gasteiger partial charge in [-0.05, 0) is 12.1 Å². The Morgan fingerprint density at radius 1 is 1.40 bits per heavy atom. The van der Waals surface area contributed by atoms with Crippen LogP contribution in [-0.4, -0.2) is 27.7 Å². The summed E-state index contributed by atoms with van der Waals surface area (Å²) in [7, 11) is 3.01. The minimum atomic E-state index is -0.485. The van der Waals surface area contributed by atoms with Crippen LogP contribution in [-0.2, 0) is 11.9 Å². The molecule has 0 atom stereocenters. The van der Waals surface area contributed by atoms with E-state index in [-0.39, 0.29) is 5.69 Å². The van der Waals surface area contributed by atoms with Gasteiger partial charge >= 0.3 is 0 Å². The number of nitro groups is 1. The Bertz CT molecular complexity index is 648. The molecule has 20 heavy (non-hydrogen) atoms. The van der Waals surface area contributed by atoms with E-state index in [1.807, 2.05) is 0 Å². The molecule has 2 rings (SSSR count). The van der Waals surface area contributed by atoms with E-state index in [0.29, 0.717) is 16.8 Å². The summed E-state index contributed by atoms with van der Waals surface area (Å²) < 4.78 is 1.49. The number of hydroxylamine groups is 1. The van der Waals surface area contributed by atoms with Crippen LogP contribution < -0.4 is 5.48 Å². The Hall–Kier alpha value is -2.74. The van der Waals surface area contributed by atoms with Crippen LogP contribution in [0.4, 0.5) is 5.69 Å². The molecule has 104 valence electrons. The van der Waals surface area contributed by atoms with Crippen molar-refractivity contribution in [3.05, 3.63) is 46.1 Å². The normalized spacial score (nSPS) is 10.3. The van der Waals surface area contributed by atoms with Crippen molar-refractivity contribution in [1.82, 2.24) is 15.3 Å². The Morgan fingerprint density at radius 2 is 2.05 bits per heavy atom. The lowest BCUT2D eigenvalue weighted by molar-refractivity contribution is -0.384. The van der Waals surface area contributed by atoms with Gasteiger partial charge in [-0.2, -0.15) is 5.10 Å². The standard InChI is InChI=1S/C12H12N4O4/c1-15-7-10(12(17)14-20-2)11(13-15)8-3-5-9(6-4-8)16(18)19/h3-7H,1-2H3,(H,14,17). The zero-order valence-electron chi connectivity index (χ0n) is 10.9. The van der Waals surface area contributed by atoms with Gasteiger partial charge in [-0.1, -0.05) is 0 Å². The van der Waals surface area contributed by atoms with E-state index < -0.39 is 10.8 Å². The van der Waals surface area contributed by atoms with Gasteiger partial charge < -0.3 is 0 Å². The first kappa shape index (κ1) is 13.7. The maximum Gasteiger partial charge on any atom is 0.278 e. The van der Waals surface area contributed by atoms with Crippen LogP contribution in [0, 0.1) is 10.1 Å². The van der Waals surface area contributed by atoms with Crippen molar-refractivity contribution in [2.75, 3.05) is 7.11 Å². The number of nitrogens with one attached hydrogen (secondary N) is 1. The van der Waals surface area contributed by atoms with E-state index in [4.69, 9.17) is 0 Å². The minimum absolute atomic E-state index is 0.0208. The second-order valence-corrected chi connectivity index (χ2v) is 4.00. The van der Waals surface area contributed by atoms with Crippen LogP contribution in [0.2, 0.25) is 0 Å². The molecule has 1 amide bonds. The van der Waals surface area contributed by atoms with Crippen LogP contribution >= 0.6 is 0 Å². The fourth-order valence-electron chi connectivity index (χ4n) is 1.76. The third-order valence-electron chi connectivity index (χ3n) is 2.62. The lowest BCUT2D eigenvalue weighted by atomic mass is 10.1. The van der Waals surface area contributed by atoms with E-state index in [2.05, 4.69) is 15.4 Å². The number of hydrogen-bond donors (Lipinski definition) is 1. The fourth-order valence-corrected chi connectivity index (χ4v) is 1.76. The van der Waals surface area contributed by atoms with E-state index in [1.54, 1.807) is 25.4 Å². The quantitative estimate of drug-likeness (QED) is 0.670. The smallest absolute Gasteiger partial charge is 0.277 e. The first-order valence-electron chi connectivity index (χ1n) is 5.64. The molecule has 2 aromatic rings. The fraction of sp³-hybridized carbons (Fsp3) is 0.167. The van der Waals surface area contributed by atoms with Crippen LogP contribution in [0.15, 0.2) is 30.5 Å². The molecule has 1 N–H and O–H groups in total. The maximum absolute atomic E-state index is 11.8. The molecule has 0 saturated heterocycles. The van der Waals surface area contributed by atoms with Crippen LogP contribution in [0.3, 0.4) is 0 Å². The third kappa shape index (κ3) is 2.64. The van der Waals surface area contributed by atoms with E-state index in [1.165, 1.54) is 23.9 Å². The van der Waals surface area contributed by atoms with Crippen molar-refractivity contribution in [3.63, 3.8) is 0 Å². The number of non-ortho nitro benzene ring substituents is 1.